The summed E-state index contributed by atoms with van der Waals surface area (Å²) in [5.41, 5.74) is 29.1. The first-order chi connectivity index (χ1) is 53.0. The van der Waals surface area contributed by atoms with Crippen LogP contribution in [0.5, 0.6) is 0 Å². The van der Waals surface area contributed by atoms with Crippen molar-refractivity contribution in [3.8, 4) is 0 Å². The van der Waals surface area contributed by atoms with E-state index in [-0.39, 0.29) is 163 Å². The van der Waals surface area contributed by atoms with Crippen LogP contribution in [0.25, 0.3) is 0 Å². The second-order valence-electron chi connectivity index (χ2n) is 28.4. The van der Waals surface area contributed by atoms with E-state index in [4.69, 9.17) is 28.7 Å². The summed E-state index contributed by atoms with van der Waals surface area (Å²) in [6.07, 6.45) is 4.46. The third kappa shape index (κ3) is 30.5. The first-order valence-corrected chi connectivity index (χ1v) is 40.1. The molecular formula is C71H112N22O16S2. The highest BCUT2D eigenvalue weighted by Gasteiger charge is 2.43. The normalized spacial score (nSPS) is 23.3. The number of nitrogens with one attached hydrogen (secondary N) is 12. The van der Waals surface area contributed by atoms with Crippen molar-refractivity contribution in [1.82, 2.24) is 78.3 Å². The molecule has 13 atom stereocenters. The van der Waals surface area contributed by atoms with Crippen LogP contribution in [-0.2, 0) is 80.0 Å². The van der Waals surface area contributed by atoms with Gasteiger partial charge in [-0.1, -0.05) is 63.9 Å². The molecule has 0 radical (unpaired) electrons. The second kappa shape index (κ2) is 46.9. The van der Waals surface area contributed by atoms with Crippen LogP contribution in [0, 0.1) is 5.92 Å². The number of carbonyl (C=O) groups is 14. The third-order valence-corrected chi connectivity index (χ3v) is 21.2. The molecule has 12 amide bonds. The maximum atomic E-state index is 15.1. The number of unbranched alkanes of at least 4 members (excludes halogenated alkanes) is 2. The van der Waals surface area contributed by atoms with Crippen molar-refractivity contribution in [3.05, 3.63) is 54.1 Å². The number of amides is 12. The van der Waals surface area contributed by atoms with Crippen molar-refractivity contribution in [2.24, 2.45) is 44.6 Å². The average Bonchev–Trinajstić information content (AvgIpc) is 1.73. The van der Waals surface area contributed by atoms with E-state index in [1.807, 2.05) is 6.92 Å². The van der Waals surface area contributed by atoms with E-state index in [9.17, 15) is 67.7 Å². The molecule has 1 aromatic heterocycles. The van der Waals surface area contributed by atoms with Gasteiger partial charge in [0.25, 0.3) is 0 Å². The summed E-state index contributed by atoms with van der Waals surface area (Å²) in [4.78, 5) is 216. The molecule has 0 spiro atoms. The number of Topliss-reactive ketones (excluding diaryl/α,β-unsaturated/α-hetero) is 1. The van der Waals surface area contributed by atoms with Crippen molar-refractivity contribution in [2.75, 3.05) is 62.3 Å². The van der Waals surface area contributed by atoms with E-state index in [0.29, 0.717) is 49.8 Å². The lowest BCUT2D eigenvalue weighted by Gasteiger charge is -2.31. The number of aliphatic carboxylic acids is 1. The summed E-state index contributed by atoms with van der Waals surface area (Å²) in [5.74, 6) is -13.0. The number of carboxylic acids is 1. The molecule has 0 aliphatic carbocycles. The van der Waals surface area contributed by atoms with Crippen LogP contribution >= 0.6 is 23.5 Å². The van der Waals surface area contributed by atoms with Gasteiger partial charge in [-0.2, -0.15) is 23.5 Å². The van der Waals surface area contributed by atoms with Gasteiger partial charge in [-0.05, 0) is 108 Å². The number of nitrogens with two attached hydrogens (primary N) is 5. The number of aromatic amines is 1. The number of carboxylic acid groups (broad SMARTS) is 1. The molecule has 4 saturated heterocycles. The summed E-state index contributed by atoms with van der Waals surface area (Å²) in [6.45, 7) is 5.56. The van der Waals surface area contributed by atoms with Gasteiger partial charge in [-0.3, -0.25) is 77.2 Å². The minimum Gasteiger partial charge on any atom is -0.480 e. The first-order valence-electron chi connectivity index (χ1n) is 37.8. The van der Waals surface area contributed by atoms with Crippen molar-refractivity contribution in [3.63, 3.8) is 0 Å². The molecule has 4 aliphatic heterocycles. The number of aliphatic hydroxyl groups is 1. The number of thioether (sulfide) groups is 2. The Bertz CT molecular complexity index is 3530. The zero-order valence-corrected chi connectivity index (χ0v) is 64.8. The number of nitrogens with zero attached hydrogens (tertiary/aromatic N) is 5. The number of rotatable bonds is 33. The number of H-pyrrole nitrogens is 1. The molecule has 1 aromatic carbocycles. The molecule has 24 N–H and O–H groups in total. The lowest BCUT2D eigenvalue weighted by Crippen LogP contribution is -2.61. The van der Waals surface area contributed by atoms with E-state index in [2.05, 4.69) is 78.4 Å². The molecule has 38 nitrogen and oxygen atoms in total. The molecule has 4 fully saturated rings. The van der Waals surface area contributed by atoms with Gasteiger partial charge < -0.3 is 107 Å². The predicted molar refractivity (Wildman–Crippen MR) is 413 cm³/mol. The molecule has 4 aliphatic rings. The number of likely N-dealkylation sites (tertiary alicyclic amines) is 1. The molecule has 0 saturated carbocycles. The summed E-state index contributed by atoms with van der Waals surface area (Å²) < 4.78 is 0. The SMILES string of the molecule is CCCC[C@@H]1NC(=O)[C@@H]2CCCN2C(O)CNC(=O)[C@H](CCCCN)NC(=O)[C@H](Cc2cnc[nH]2)NC(=O)[C@@H](NC(=O)[C@H](CC(C)C)NC(=O)[C@H](CCCN=C(N)N)NC(=O)[C@@H]2CCCN2C(=O)[C@H](CCCN=C(N)N)NC(=O)[C@@H]2CCC(=O)N2)CSCC(=O)CSC[C@@H](C(=O)N[C@@H](Cc2ccccc2)C(=O)O)NC1=O. The number of ketones is 1. The van der Waals surface area contributed by atoms with Gasteiger partial charge in [-0.25, -0.2) is 9.78 Å². The van der Waals surface area contributed by atoms with Crippen LogP contribution in [0.2, 0.25) is 0 Å². The summed E-state index contributed by atoms with van der Waals surface area (Å²) in [7, 11) is 0. The lowest BCUT2D eigenvalue weighted by molar-refractivity contribution is -0.142. The maximum absolute atomic E-state index is 15.1. The van der Waals surface area contributed by atoms with Gasteiger partial charge in [-0.15, -0.1) is 0 Å². The lowest BCUT2D eigenvalue weighted by atomic mass is 10.0. The largest absolute Gasteiger partial charge is 0.480 e. The highest BCUT2D eigenvalue weighted by molar-refractivity contribution is 8.01. The second-order valence-corrected chi connectivity index (χ2v) is 30.4. The Kier molecular flexibility index (Phi) is 38.1. The van der Waals surface area contributed by atoms with E-state index in [1.54, 1.807) is 44.2 Å². The van der Waals surface area contributed by atoms with E-state index in [1.165, 1.54) is 22.3 Å². The number of imidazole rings is 1. The molecule has 0 bridgehead atoms. The molecule has 6 rings (SSSR count). The Morgan fingerprint density at radius 2 is 1.28 bits per heavy atom. The Balaban J connectivity index is 1.32. The van der Waals surface area contributed by atoms with Crippen molar-refractivity contribution in [1.29, 1.82) is 0 Å². The minimum absolute atomic E-state index is 0.00286. The van der Waals surface area contributed by atoms with E-state index >= 15 is 9.59 Å². The summed E-state index contributed by atoms with van der Waals surface area (Å²) in [6, 6.07) is -7.26. The van der Waals surface area contributed by atoms with Crippen LogP contribution in [0.1, 0.15) is 141 Å². The van der Waals surface area contributed by atoms with Crippen LogP contribution in [0.15, 0.2) is 52.8 Å². The quantitative estimate of drug-likeness (QED) is 0.0181. The zero-order valence-electron chi connectivity index (χ0n) is 63.2. The average molecular weight is 1590 g/mol. The van der Waals surface area contributed by atoms with Gasteiger partial charge in [0.1, 0.15) is 72.7 Å². The fourth-order valence-corrected chi connectivity index (χ4v) is 15.1. The number of aliphatic hydroxyl groups excluding tert-OH is 1. The minimum atomic E-state index is -1.62. The number of aliphatic imine (C=N–C) groups is 2. The number of aromatic nitrogens is 2. The number of hydrogen-bond donors (Lipinski definition) is 19. The molecule has 2 aromatic rings. The fourth-order valence-electron chi connectivity index (χ4n) is 13.2. The van der Waals surface area contributed by atoms with Crippen LogP contribution in [0.4, 0.5) is 0 Å². The fraction of sp³-hybridized carbons (Fsp3) is 0.648. The number of fused-ring (bicyclic) bond motifs is 1. The van der Waals surface area contributed by atoms with Gasteiger partial charge in [0.05, 0.1) is 30.4 Å². The highest BCUT2D eigenvalue weighted by Crippen LogP contribution is 2.24. The molecule has 111 heavy (non-hydrogen) atoms. The molecule has 1 unspecified atom stereocenters. The van der Waals surface area contributed by atoms with Gasteiger partial charge >= 0.3 is 5.97 Å². The topological polar surface area (TPSA) is 602 Å². The van der Waals surface area contributed by atoms with Gasteiger partial charge in [0, 0.05) is 68.8 Å². The number of carbonyl (C=O) groups excluding carboxylic acids is 13. The monoisotopic (exact) mass is 1590 g/mol. The third-order valence-electron chi connectivity index (χ3n) is 19.0. The molecule has 40 heteroatoms. The van der Waals surface area contributed by atoms with Gasteiger partial charge in [0.2, 0.25) is 70.9 Å². The Morgan fingerprint density at radius 3 is 1.92 bits per heavy atom. The summed E-state index contributed by atoms with van der Waals surface area (Å²) >= 11 is 1.81. The van der Waals surface area contributed by atoms with Crippen molar-refractivity contribution < 1.29 is 77.3 Å². The van der Waals surface area contributed by atoms with E-state index < -0.39 is 162 Å². The van der Waals surface area contributed by atoms with Crippen LogP contribution < -0.4 is 87.2 Å². The Hall–Kier alpha value is -9.67. The van der Waals surface area contributed by atoms with Crippen LogP contribution in [0.3, 0.4) is 0 Å². The molecule has 614 valence electrons. The molecule has 5 heterocycles. The van der Waals surface area contributed by atoms with E-state index in [0.717, 1.165) is 23.5 Å². The predicted octanol–water partition coefficient (Wildman–Crippen LogP) is -4.67. The number of hydrogen-bond acceptors (Lipinski definition) is 22. The highest BCUT2D eigenvalue weighted by atomic mass is 32.2. The smallest absolute Gasteiger partial charge is 0.326 e. The Labute approximate surface area is 653 Å². The molecular weight excluding hydrogens is 1480 g/mol. The number of benzene rings is 1. The van der Waals surface area contributed by atoms with Gasteiger partial charge in [0.15, 0.2) is 17.7 Å². The Morgan fingerprint density at radius 1 is 0.658 bits per heavy atom. The first kappa shape index (κ1) is 90.2. The summed E-state index contributed by atoms with van der Waals surface area (Å²) in [5, 5.41) is 51.8. The van der Waals surface area contributed by atoms with Crippen molar-refractivity contribution >= 4 is 118 Å². The number of β-amino-alcohol motifs (C(OH)–C–C–N with tert-alkyl or cyclic N) is 1. The maximum Gasteiger partial charge on any atom is 0.326 e. The van der Waals surface area contributed by atoms with Crippen LogP contribution in [-0.4, -0.2) is 266 Å². The zero-order chi connectivity index (χ0) is 81.1. The number of guanidine groups is 2. The van der Waals surface area contributed by atoms with Crippen molar-refractivity contribution in [2.45, 2.75) is 221 Å². The standard InChI is InChI=1S/C71H112N22O16S2/c1-4-5-17-45-60(99)90-53(65(104)89-51(69(108)109)31-41-15-7-6-8-16-41)38-111-36-43(94)35-110-37-52(64(103)88-50(32-42-33-77-39-81-42)63(102)83-44(18-9-10-25-72)58(97)80-34-57(96)92-28-13-21-54(92)66(105)84-45)91-62(101)49(30-40(2)3)87-59(98)46(19-11-26-78-70(73)74)85-67(106)55-22-14-29-93(55)68(107)48(20-12-27-79-71(75)76)86-61(100)47-23-24-56(95)82-47/h6-8,15-16,33,39-40,44-55,57,96H,4-5,9-14,17-32,34-38,72H2,1-3H3,(H,77,81)(H,80,97)(H,82,95)(H,83,102)(H,84,105)(H,85,106)(H,86,100)(H,87,98)(H,88,103)(H,89,104)(H,90,99)(H,91,101)(H,108,109)(H4,73,74,78)(H4,75,76,79)/t44-,45-,46-,47-,48-,49-,50-,51-,52-,53-,54-,55-,57?/m0/s1.